The summed E-state index contributed by atoms with van der Waals surface area (Å²) in [5, 5.41) is 13.9. The highest BCUT2D eigenvalue weighted by atomic mass is 35.5. The molecule has 1 heterocycles. The molecule has 0 spiro atoms. The molecule has 3 aromatic rings. The lowest BCUT2D eigenvalue weighted by molar-refractivity contribution is 0.242. The first-order valence-corrected chi connectivity index (χ1v) is 8.33. The molecule has 0 unspecified atom stereocenters. The molecule has 2 N–H and O–H groups in total. The second-order valence-electron chi connectivity index (χ2n) is 5.74. The molecule has 26 heavy (non-hydrogen) atoms. The van der Waals surface area contributed by atoms with Crippen LogP contribution < -0.4 is 15.4 Å². The smallest absolute Gasteiger partial charge is 0.249 e. The maximum atomic E-state index is 13.2. The number of aromatic nitrogens is 3. The molecule has 8 heteroatoms. The first kappa shape index (κ1) is 17.9. The molecule has 3 rings (SSSR count). The molecule has 0 saturated carbocycles. The highest BCUT2D eigenvalue weighted by Gasteiger charge is 2.05. The zero-order valence-electron chi connectivity index (χ0n) is 14.2. The van der Waals surface area contributed by atoms with Gasteiger partial charge in [0, 0.05) is 11.4 Å². The minimum absolute atomic E-state index is 0.0148. The van der Waals surface area contributed by atoms with Gasteiger partial charge in [-0.25, -0.2) is 4.39 Å². The standard InChI is InChI=1S/C18H17ClFN5O/c1-11(2)26-14-6-3-12(4-7-14)22-17-10-21-25-18(24-17)23-13-5-8-16(20)15(19)9-13/h3-11H,1-2H3,(H2,22,23,24,25). The summed E-state index contributed by atoms with van der Waals surface area (Å²) in [5.41, 5.74) is 1.39. The van der Waals surface area contributed by atoms with Crippen LogP contribution >= 0.6 is 11.6 Å². The number of hydrogen-bond donors (Lipinski definition) is 2. The van der Waals surface area contributed by atoms with Crippen molar-refractivity contribution in [2.24, 2.45) is 0 Å². The lowest BCUT2D eigenvalue weighted by Gasteiger charge is -2.11. The van der Waals surface area contributed by atoms with Gasteiger partial charge in [-0.2, -0.15) is 10.1 Å². The van der Waals surface area contributed by atoms with Gasteiger partial charge in [-0.3, -0.25) is 0 Å². The van der Waals surface area contributed by atoms with Gasteiger partial charge >= 0.3 is 0 Å². The molecule has 0 aliphatic heterocycles. The van der Waals surface area contributed by atoms with Gasteiger partial charge in [-0.15, -0.1) is 5.10 Å². The van der Waals surface area contributed by atoms with Crippen molar-refractivity contribution in [1.82, 2.24) is 15.2 Å². The minimum Gasteiger partial charge on any atom is -0.491 e. The van der Waals surface area contributed by atoms with E-state index < -0.39 is 5.82 Å². The highest BCUT2D eigenvalue weighted by molar-refractivity contribution is 6.31. The monoisotopic (exact) mass is 373 g/mol. The van der Waals surface area contributed by atoms with Crippen LogP contribution in [0, 0.1) is 5.82 Å². The number of halogens is 2. The number of ether oxygens (including phenoxy) is 1. The van der Waals surface area contributed by atoms with E-state index in [1.54, 1.807) is 0 Å². The van der Waals surface area contributed by atoms with Crippen molar-refractivity contribution in [2.45, 2.75) is 20.0 Å². The number of rotatable bonds is 6. The molecule has 0 saturated heterocycles. The van der Waals surface area contributed by atoms with E-state index in [0.29, 0.717) is 11.5 Å². The number of benzene rings is 2. The molecular weight excluding hydrogens is 357 g/mol. The van der Waals surface area contributed by atoms with Crippen LogP contribution in [0.2, 0.25) is 5.02 Å². The maximum Gasteiger partial charge on any atom is 0.249 e. The fourth-order valence-electron chi connectivity index (χ4n) is 2.16. The second-order valence-corrected chi connectivity index (χ2v) is 6.14. The average Bonchev–Trinajstić information content (AvgIpc) is 2.60. The van der Waals surface area contributed by atoms with Crippen molar-refractivity contribution < 1.29 is 9.13 Å². The van der Waals surface area contributed by atoms with E-state index in [2.05, 4.69) is 25.8 Å². The lowest BCUT2D eigenvalue weighted by Crippen LogP contribution is -2.05. The van der Waals surface area contributed by atoms with Gasteiger partial charge in [0.25, 0.3) is 0 Å². The van der Waals surface area contributed by atoms with E-state index in [-0.39, 0.29) is 17.1 Å². The fraction of sp³-hybridized carbons (Fsp3) is 0.167. The van der Waals surface area contributed by atoms with Crippen molar-refractivity contribution in [3.63, 3.8) is 0 Å². The molecule has 6 nitrogen and oxygen atoms in total. The Hall–Kier alpha value is -2.93. The predicted octanol–water partition coefficient (Wildman–Crippen LogP) is 4.94. The third-order valence-electron chi connectivity index (χ3n) is 3.23. The third-order valence-corrected chi connectivity index (χ3v) is 3.52. The Morgan fingerprint density at radius 1 is 1.04 bits per heavy atom. The predicted molar refractivity (Wildman–Crippen MR) is 100 cm³/mol. The zero-order valence-corrected chi connectivity index (χ0v) is 15.0. The van der Waals surface area contributed by atoms with Crippen LogP contribution in [0.15, 0.2) is 48.7 Å². The lowest BCUT2D eigenvalue weighted by atomic mass is 10.3. The summed E-state index contributed by atoms with van der Waals surface area (Å²) in [6.45, 7) is 3.95. The topological polar surface area (TPSA) is 72.0 Å². The Bertz CT molecular complexity index is 889. The van der Waals surface area contributed by atoms with Gasteiger partial charge in [0.05, 0.1) is 17.3 Å². The number of nitrogens with zero attached hydrogens (tertiary/aromatic N) is 3. The Balaban J connectivity index is 1.69. The summed E-state index contributed by atoms with van der Waals surface area (Å²) >= 11 is 5.77. The third kappa shape index (κ3) is 4.80. The molecule has 0 atom stereocenters. The van der Waals surface area contributed by atoms with E-state index in [1.807, 2.05) is 38.1 Å². The zero-order chi connectivity index (χ0) is 18.5. The van der Waals surface area contributed by atoms with Crippen molar-refractivity contribution in [3.8, 4) is 5.75 Å². The fourth-order valence-corrected chi connectivity index (χ4v) is 2.34. The van der Waals surface area contributed by atoms with Crippen molar-refractivity contribution in [2.75, 3.05) is 10.6 Å². The van der Waals surface area contributed by atoms with Gasteiger partial charge in [0.15, 0.2) is 5.82 Å². The summed E-state index contributed by atoms with van der Waals surface area (Å²) in [6.07, 6.45) is 1.62. The largest absolute Gasteiger partial charge is 0.491 e. The number of anilines is 4. The van der Waals surface area contributed by atoms with Gasteiger partial charge in [-0.1, -0.05) is 11.6 Å². The molecule has 0 aliphatic rings. The number of nitrogens with one attached hydrogen (secondary N) is 2. The summed E-state index contributed by atoms with van der Waals surface area (Å²) in [6, 6.07) is 11.8. The first-order chi connectivity index (χ1) is 12.5. The summed E-state index contributed by atoms with van der Waals surface area (Å²) in [5.74, 6) is 1.07. The van der Waals surface area contributed by atoms with Crippen LogP contribution in [-0.4, -0.2) is 21.3 Å². The van der Waals surface area contributed by atoms with E-state index >= 15 is 0 Å². The second kappa shape index (κ2) is 7.97. The first-order valence-electron chi connectivity index (χ1n) is 7.95. The maximum absolute atomic E-state index is 13.2. The minimum atomic E-state index is -0.489. The summed E-state index contributed by atoms with van der Waals surface area (Å²) in [4.78, 5) is 4.32. The van der Waals surface area contributed by atoms with Crippen molar-refractivity contribution >= 4 is 34.7 Å². The Morgan fingerprint density at radius 2 is 1.77 bits per heavy atom. The van der Waals surface area contributed by atoms with Crippen LogP contribution in [0.25, 0.3) is 0 Å². The summed E-state index contributed by atoms with van der Waals surface area (Å²) < 4.78 is 18.8. The highest BCUT2D eigenvalue weighted by Crippen LogP contribution is 2.23. The van der Waals surface area contributed by atoms with E-state index in [4.69, 9.17) is 16.3 Å². The summed E-state index contributed by atoms with van der Waals surface area (Å²) in [7, 11) is 0. The van der Waals surface area contributed by atoms with Gasteiger partial charge in [-0.05, 0) is 56.3 Å². The molecular formula is C18H17ClFN5O. The number of hydrogen-bond acceptors (Lipinski definition) is 6. The van der Waals surface area contributed by atoms with Crippen LogP contribution in [0.3, 0.4) is 0 Å². The molecule has 0 bridgehead atoms. The van der Waals surface area contributed by atoms with Crippen molar-refractivity contribution in [1.29, 1.82) is 0 Å². The van der Waals surface area contributed by atoms with Crippen molar-refractivity contribution in [3.05, 3.63) is 59.5 Å². The molecule has 134 valence electrons. The molecule has 0 radical (unpaired) electrons. The molecule has 1 aromatic heterocycles. The Kier molecular flexibility index (Phi) is 5.48. The molecule has 0 aliphatic carbocycles. The molecule has 0 amide bonds. The van der Waals surface area contributed by atoms with Crippen LogP contribution in [-0.2, 0) is 0 Å². The van der Waals surface area contributed by atoms with Crippen LogP contribution in [0.1, 0.15) is 13.8 Å². The quantitative estimate of drug-likeness (QED) is 0.637. The normalized spacial score (nSPS) is 10.7. The Morgan fingerprint density at radius 3 is 2.46 bits per heavy atom. The van der Waals surface area contributed by atoms with E-state index in [0.717, 1.165) is 11.4 Å². The van der Waals surface area contributed by atoms with Crippen LogP contribution in [0.5, 0.6) is 5.75 Å². The van der Waals surface area contributed by atoms with Crippen LogP contribution in [0.4, 0.5) is 27.5 Å². The van der Waals surface area contributed by atoms with Gasteiger partial charge < -0.3 is 15.4 Å². The molecule has 2 aromatic carbocycles. The van der Waals surface area contributed by atoms with E-state index in [1.165, 1.54) is 24.4 Å². The average molecular weight is 374 g/mol. The van der Waals surface area contributed by atoms with E-state index in [9.17, 15) is 4.39 Å². The molecule has 0 fully saturated rings. The van der Waals surface area contributed by atoms with Gasteiger partial charge in [0.2, 0.25) is 5.95 Å². The van der Waals surface area contributed by atoms with Gasteiger partial charge in [0.1, 0.15) is 11.6 Å². The SMILES string of the molecule is CC(C)Oc1ccc(Nc2cnnc(Nc3ccc(F)c(Cl)c3)n2)cc1. The Labute approximate surface area is 155 Å².